The molecule has 0 saturated carbocycles. The molecule has 0 amide bonds. The maximum absolute atomic E-state index is 9.73. The minimum atomic E-state index is -0.969. The molecule has 1 fully saturated rings. The summed E-state index contributed by atoms with van der Waals surface area (Å²) in [5.41, 5.74) is 6.25. The van der Waals surface area contributed by atoms with Crippen molar-refractivity contribution in [1.82, 2.24) is 0 Å². The molecule has 4 atom stereocenters. The van der Waals surface area contributed by atoms with Crippen LogP contribution in [0.2, 0.25) is 0 Å². The van der Waals surface area contributed by atoms with Crippen LogP contribution in [0.4, 0.5) is 0 Å². The molecule has 6 heteroatoms. The molecule has 6 nitrogen and oxygen atoms in total. The smallest absolute Gasteiger partial charge is 0.202 e. The zero-order chi connectivity index (χ0) is 15.0. The summed E-state index contributed by atoms with van der Waals surface area (Å²) in [5, 5.41) is 19.5. The maximum Gasteiger partial charge on any atom is 0.202 e. The average Bonchev–Trinajstić information content (AvgIpc) is 2.41. The van der Waals surface area contributed by atoms with Crippen LogP contribution in [0.15, 0.2) is 36.3 Å². The van der Waals surface area contributed by atoms with Crippen LogP contribution in [0.1, 0.15) is 13.3 Å². The van der Waals surface area contributed by atoms with E-state index in [2.05, 4.69) is 0 Å². The highest BCUT2D eigenvalue weighted by atomic mass is 16.7. The van der Waals surface area contributed by atoms with Gasteiger partial charge in [0, 0.05) is 19.2 Å². The number of nitrogens with two attached hydrogens (primary N) is 1. The van der Waals surface area contributed by atoms with Crippen molar-refractivity contribution in [2.45, 2.75) is 37.9 Å². The van der Waals surface area contributed by atoms with Gasteiger partial charge in [-0.05, 0) is 25.2 Å². The average molecular weight is 285 g/mol. The van der Waals surface area contributed by atoms with E-state index in [0.29, 0.717) is 5.70 Å². The zero-order valence-corrected chi connectivity index (χ0v) is 11.8. The second-order valence-electron chi connectivity index (χ2n) is 4.48. The highest BCUT2D eigenvalue weighted by molar-refractivity contribution is 5.19. The first-order valence-corrected chi connectivity index (χ1v) is 6.49. The number of hydrogen-bond donors (Lipinski definition) is 3. The lowest BCUT2D eigenvalue weighted by Gasteiger charge is -2.36. The molecule has 114 valence electrons. The van der Waals surface area contributed by atoms with Crippen molar-refractivity contribution in [3.63, 3.8) is 0 Å². The predicted molar refractivity (Wildman–Crippen MR) is 74.5 cm³/mol. The minimum absolute atomic E-state index is 0.190. The summed E-state index contributed by atoms with van der Waals surface area (Å²) >= 11 is 0. The normalized spacial score (nSPS) is 32.1. The van der Waals surface area contributed by atoms with Gasteiger partial charge in [-0.1, -0.05) is 6.08 Å². The molecular weight excluding hydrogens is 262 g/mol. The molecule has 1 rings (SSSR count). The first kappa shape index (κ1) is 16.7. The van der Waals surface area contributed by atoms with Crippen LogP contribution in [-0.4, -0.2) is 48.5 Å². The van der Waals surface area contributed by atoms with E-state index in [0.717, 1.165) is 0 Å². The van der Waals surface area contributed by atoms with E-state index in [-0.39, 0.29) is 13.0 Å². The van der Waals surface area contributed by atoms with Crippen LogP contribution in [0, 0.1) is 0 Å². The molecule has 1 saturated heterocycles. The van der Waals surface area contributed by atoms with E-state index in [1.165, 1.54) is 13.4 Å². The Morgan fingerprint density at radius 3 is 2.85 bits per heavy atom. The third-order valence-electron chi connectivity index (χ3n) is 2.82. The molecule has 0 unspecified atom stereocenters. The summed E-state index contributed by atoms with van der Waals surface area (Å²) in [5.74, 6) is 0. The van der Waals surface area contributed by atoms with E-state index in [4.69, 9.17) is 19.9 Å². The number of rotatable bonds is 6. The SMILES string of the molecule is C\C=C/C(N)=C\C=C\O[C@H]1C[C@@H](O)[C@@H](O)[C@@H](COC)O1. The van der Waals surface area contributed by atoms with E-state index >= 15 is 0 Å². The zero-order valence-electron chi connectivity index (χ0n) is 11.8. The molecular formula is C14H23NO5. The predicted octanol–water partition coefficient (Wildman–Crippen LogP) is 0.419. The minimum Gasteiger partial charge on any atom is -0.472 e. The summed E-state index contributed by atoms with van der Waals surface area (Å²) in [6, 6.07) is 0. The molecule has 1 aliphatic rings. The largest absolute Gasteiger partial charge is 0.472 e. The monoisotopic (exact) mass is 285 g/mol. The second kappa shape index (κ2) is 8.76. The lowest BCUT2D eigenvalue weighted by atomic mass is 10.0. The van der Waals surface area contributed by atoms with Gasteiger partial charge in [-0.3, -0.25) is 0 Å². The van der Waals surface area contributed by atoms with Gasteiger partial charge in [-0.2, -0.15) is 0 Å². The number of methoxy groups -OCH3 is 1. The number of ether oxygens (including phenoxy) is 3. The van der Waals surface area contributed by atoms with Crippen molar-refractivity contribution in [3.8, 4) is 0 Å². The molecule has 20 heavy (non-hydrogen) atoms. The third-order valence-corrected chi connectivity index (χ3v) is 2.82. The number of aliphatic hydroxyl groups excluding tert-OH is 2. The lowest BCUT2D eigenvalue weighted by molar-refractivity contribution is -0.243. The van der Waals surface area contributed by atoms with Crippen LogP contribution >= 0.6 is 0 Å². The fraction of sp³-hybridized carbons (Fsp3) is 0.571. The highest BCUT2D eigenvalue weighted by Gasteiger charge is 2.37. The summed E-state index contributed by atoms with van der Waals surface area (Å²) < 4.78 is 15.8. The van der Waals surface area contributed by atoms with Crippen molar-refractivity contribution in [1.29, 1.82) is 0 Å². The van der Waals surface area contributed by atoms with Crippen molar-refractivity contribution in [2.75, 3.05) is 13.7 Å². The second-order valence-corrected chi connectivity index (χ2v) is 4.48. The van der Waals surface area contributed by atoms with Crippen LogP contribution in [0.25, 0.3) is 0 Å². The maximum atomic E-state index is 9.73. The Morgan fingerprint density at radius 1 is 1.45 bits per heavy atom. The number of allylic oxidation sites excluding steroid dienone is 4. The Labute approximate surface area is 119 Å². The van der Waals surface area contributed by atoms with E-state index in [1.54, 1.807) is 18.2 Å². The van der Waals surface area contributed by atoms with Crippen LogP contribution in [0.3, 0.4) is 0 Å². The summed E-state index contributed by atoms with van der Waals surface area (Å²) in [6.45, 7) is 2.06. The first-order chi connectivity index (χ1) is 9.58. The fourth-order valence-corrected chi connectivity index (χ4v) is 1.84. The van der Waals surface area contributed by atoms with Gasteiger partial charge in [-0.25, -0.2) is 0 Å². The molecule has 4 N–H and O–H groups in total. The van der Waals surface area contributed by atoms with E-state index in [1.807, 2.05) is 13.0 Å². The van der Waals surface area contributed by atoms with Crippen molar-refractivity contribution in [3.05, 3.63) is 36.3 Å². The Kier molecular flexibility index (Phi) is 7.32. The van der Waals surface area contributed by atoms with Gasteiger partial charge in [0.25, 0.3) is 0 Å². The Morgan fingerprint density at radius 2 is 2.20 bits per heavy atom. The summed E-state index contributed by atoms with van der Waals surface area (Å²) in [4.78, 5) is 0. The summed E-state index contributed by atoms with van der Waals surface area (Å²) in [7, 11) is 1.50. The number of hydrogen-bond acceptors (Lipinski definition) is 6. The van der Waals surface area contributed by atoms with Gasteiger partial charge in [0.15, 0.2) is 0 Å². The molecule has 0 aromatic heterocycles. The van der Waals surface area contributed by atoms with Crippen LogP contribution < -0.4 is 5.73 Å². The van der Waals surface area contributed by atoms with E-state index in [9.17, 15) is 10.2 Å². The van der Waals surface area contributed by atoms with Crippen LogP contribution in [-0.2, 0) is 14.2 Å². The lowest BCUT2D eigenvalue weighted by Crippen LogP contribution is -2.50. The van der Waals surface area contributed by atoms with E-state index < -0.39 is 24.6 Å². The molecule has 0 spiro atoms. The van der Waals surface area contributed by atoms with Gasteiger partial charge in [0.1, 0.15) is 12.2 Å². The fourth-order valence-electron chi connectivity index (χ4n) is 1.84. The molecule has 1 heterocycles. The quantitative estimate of drug-likeness (QED) is 0.483. The molecule has 1 aliphatic heterocycles. The Bertz CT molecular complexity index is 367. The number of aliphatic hydroxyl groups is 2. The van der Waals surface area contributed by atoms with Gasteiger partial charge in [-0.15, -0.1) is 0 Å². The summed E-state index contributed by atoms with van der Waals surface area (Å²) in [6.07, 6.45) is 5.45. The van der Waals surface area contributed by atoms with Crippen molar-refractivity contribution >= 4 is 0 Å². The van der Waals surface area contributed by atoms with Crippen LogP contribution in [0.5, 0.6) is 0 Å². The van der Waals surface area contributed by atoms with Gasteiger partial charge in [0.05, 0.1) is 19.0 Å². The highest BCUT2D eigenvalue weighted by Crippen LogP contribution is 2.21. The van der Waals surface area contributed by atoms with Crippen molar-refractivity contribution < 1.29 is 24.4 Å². The third kappa shape index (κ3) is 5.34. The Hall–Kier alpha value is -1.34. The first-order valence-electron chi connectivity index (χ1n) is 6.49. The molecule has 0 radical (unpaired) electrons. The van der Waals surface area contributed by atoms with Gasteiger partial charge in [0.2, 0.25) is 6.29 Å². The van der Waals surface area contributed by atoms with Gasteiger partial charge >= 0.3 is 0 Å². The van der Waals surface area contributed by atoms with Gasteiger partial charge < -0.3 is 30.2 Å². The topological polar surface area (TPSA) is 94.2 Å². The molecule has 0 aliphatic carbocycles. The molecule has 0 aromatic rings. The molecule has 0 aromatic carbocycles. The van der Waals surface area contributed by atoms with Crippen molar-refractivity contribution in [2.24, 2.45) is 5.73 Å². The standard InChI is InChI=1S/C14H23NO5/c1-3-5-10(15)6-4-7-19-13-8-11(16)14(17)12(20-13)9-18-2/h3-7,11-14,16-17H,8-9,15H2,1-2H3/b5-3-,7-4+,10-6+/t11-,12-,13-,14-/m1/s1. The molecule has 0 bridgehead atoms. The Balaban J connectivity index is 2.47.